The molecule has 144 valence electrons. The summed E-state index contributed by atoms with van der Waals surface area (Å²) in [7, 11) is 0. The third-order valence-electron chi connectivity index (χ3n) is 4.25. The largest absolute Gasteiger partial charge is 0.493 e. The van der Waals surface area contributed by atoms with Crippen molar-refractivity contribution in [3.05, 3.63) is 69.3 Å². The normalized spacial score (nSPS) is 11.4. The molecule has 0 atom stereocenters. The summed E-state index contributed by atoms with van der Waals surface area (Å²) in [6.45, 7) is -0.399. The maximum atomic E-state index is 12.4. The number of H-pyrrole nitrogens is 1. The Morgan fingerprint density at radius 1 is 1.24 bits per heavy atom. The number of non-ortho nitro benzene ring substituents is 1. The van der Waals surface area contributed by atoms with E-state index in [9.17, 15) is 24.8 Å². The molecule has 0 spiro atoms. The number of azo groups is 1. The van der Waals surface area contributed by atoms with Crippen LogP contribution in [-0.2, 0) is 11.3 Å². The summed E-state index contributed by atoms with van der Waals surface area (Å²) >= 11 is 0. The van der Waals surface area contributed by atoms with Crippen molar-refractivity contribution in [2.75, 3.05) is 0 Å². The Hall–Kier alpha value is -4.41. The highest BCUT2D eigenvalue weighted by Crippen LogP contribution is 2.37. The molecule has 2 heterocycles. The summed E-state index contributed by atoms with van der Waals surface area (Å²) in [6.07, 6.45) is 1.24. The number of hydrogen-bond donors (Lipinski definition) is 2. The van der Waals surface area contributed by atoms with Crippen LogP contribution in [0.25, 0.3) is 21.8 Å². The zero-order valence-corrected chi connectivity index (χ0v) is 14.6. The van der Waals surface area contributed by atoms with Crippen molar-refractivity contribution in [1.29, 1.82) is 0 Å². The summed E-state index contributed by atoms with van der Waals surface area (Å²) in [6, 6.07) is 10.6. The first-order valence-corrected chi connectivity index (χ1v) is 8.32. The number of carbonyl (C=O) groups excluding carboxylic acids is 1. The molecule has 11 heteroatoms. The van der Waals surface area contributed by atoms with Gasteiger partial charge in [-0.1, -0.05) is 12.1 Å². The number of nitrogens with zero attached hydrogens (tertiary/aromatic N) is 5. The number of para-hydroxylation sites is 1. The van der Waals surface area contributed by atoms with E-state index in [2.05, 4.69) is 20.2 Å². The minimum Gasteiger partial charge on any atom is -0.493 e. The van der Waals surface area contributed by atoms with Crippen molar-refractivity contribution in [3.63, 3.8) is 0 Å². The molecule has 0 bridgehead atoms. The molecule has 11 nitrogen and oxygen atoms in total. The lowest BCUT2D eigenvalue weighted by Crippen LogP contribution is -2.23. The molecule has 0 saturated heterocycles. The standard InChI is InChI=1S/C18H12N6O5/c25-15(8-23-9-19-13-4-2-1-3-11(13)18(23)27)21-22-16-12-7-10(24(28)29)5-6-14(12)20-17(16)26/h1-7,9,20,26H,8H2. The first kappa shape index (κ1) is 18.0. The number of aromatic amines is 1. The van der Waals surface area contributed by atoms with Gasteiger partial charge in [-0.05, 0) is 18.2 Å². The average Bonchev–Trinajstić information content (AvgIpc) is 3.03. The maximum Gasteiger partial charge on any atom is 0.284 e. The molecule has 2 aromatic carbocycles. The second-order valence-corrected chi connectivity index (χ2v) is 6.10. The van der Waals surface area contributed by atoms with Gasteiger partial charge in [-0.15, -0.1) is 10.2 Å². The minimum atomic E-state index is -0.761. The number of rotatable bonds is 4. The number of nitrogens with one attached hydrogen (secondary N) is 1. The lowest BCUT2D eigenvalue weighted by atomic mass is 10.2. The third kappa shape index (κ3) is 3.32. The molecule has 29 heavy (non-hydrogen) atoms. The van der Waals surface area contributed by atoms with E-state index < -0.39 is 22.9 Å². The lowest BCUT2D eigenvalue weighted by molar-refractivity contribution is -0.384. The molecule has 0 aliphatic carbocycles. The summed E-state index contributed by atoms with van der Waals surface area (Å²) in [4.78, 5) is 41.7. The van der Waals surface area contributed by atoms with Crippen LogP contribution in [0, 0.1) is 10.1 Å². The van der Waals surface area contributed by atoms with E-state index in [1.807, 2.05) is 0 Å². The zero-order valence-electron chi connectivity index (χ0n) is 14.6. The number of aromatic hydroxyl groups is 1. The molecule has 0 aliphatic rings. The SMILES string of the molecule is O=C(Cn1cnc2ccccc2c1=O)N=Nc1c(O)[nH]c2ccc([N+](=O)[O-])cc12. The molecule has 2 aromatic heterocycles. The van der Waals surface area contributed by atoms with Gasteiger partial charge >= 0.3 is 0 Å². The third-order valence-corrected chi connectivity index (χ3v) is 4.25. The fourth-order valence-corrected chi connectivity index (χ4v) is 2.87. The van der Waals surface area contributed by atoms with E-state index in [0.717, 1.165) is 4.57 Å². The molecule has 2 N–H and O–H groups in total. The maximum absolute atomic E-state index is 12.4. The predicted molar refractivity (Wildman–Crippen MR) is 102 cm³/mol. The number of amides is 1. The van der Waals surface area contributed by atoms with Crippen LogP contribution in [0.4, 0.5) is 11.4 Å². The molecular formula is C18H12N6O5. The van der Waals surface area contributed by atoms with Gasteiger partial charge < -0.3 is 10.1 Å². The summed E-state index contributed by atoms with van der Waals surface area (Å²) < 4.78 is 1.10. The highest BCUT2D eigenvalue weighted by molar-refractivity contribution is 5.95. The van der Waals surface area contributed by atoms with Crippen LogP contribution in [0.3, 0.4) is 0 Å². The minimum absolute atomic E-state index is 0.110. The van der Waals surface area contributed by atoms with E-state index in [4.69, 9.17) is 0 Å². The van der Waals surface area contributed by atoms with Gasteiger partial charge in [-0.3, -0.25) is 24.3 Å². The molecule has 0 radical (unpaired) electrons. The molecule has 1 amide bonds. The lowest BCUT2D eigenvalue weighted by Gasteiger charge is -2.03. The van der Waals surface area contributed by atoms with E-state index in [0.29, 0.717) is 16.4 Å². The quantitative estimate of drug-likeness (QED) is 0.309. The van der Waals surface area contributed by atoms with Crippen LogP contribution in [0.15, 0.2) is 63.8 Å². The number of nitro groups is 1. The van der Waals surface area contributed by atoms with Crippen molar-refractivity contribution < 1.29 is 14.8 Å². The van der Waals surface area contributed by atoms with Crippen LogP contribution in [0.5, 0.6) is 5.88 Å². The first-order valence-electron chi connectivity index (χ1n) is 8.32. The Balaban J connectivity index is 1.63. The summed E-state index contributed by atoms with van der Waals surface area (Å²) in [5, 5.41) is 28.7. The van der Waals surface area contributed by atoms with Gasteiger partial charge in [0.15, 0.2) is 5.69 Å². The van der Waals surface area contributed by atoms with Crippen molar-refractivity contribution in [2.45, 2.75) is 6.54 Å². The summed E-state index contributed by atoms with van der Waals surface area (Å²) in [5.41, 5.74) is 0.191. The Labute approximate surface area is 161 Å². The first-order chi connectivity index (χ1) is 13.9. The van der Waals surface area contributed by atoms with Crippen molar-refractivity contribution >= 4 is 39.1 Å². The average molecular weight is 392 g/mol. The molecule has 0 fully saturated rings. The van der Waals surface area contributed by atoms with Crippen LogP contribution >= 0.6 is 0 Å². The Morgan fingerprint density at radius 3 is 2.83 bits per heavy atom. The Morgan fingerprint density at radius 2 is 2.03 bits per heavy atom. The number of nitro benzene ring substituents is 1. The highest BCUT2D eigenvalue weighted by Gasteiger charge is 2.15. The second-order valence-electron chi connectivity index (χ2n) is 6.10. The van der Waals surface area contributed by atoms with Gasteiger partial charge in [0, 0.05) is 17.5 Å². The Kier molecular flexibility index (Phi) is 4.31. The molecular weight excluding hydrogens is 380 g/mol. The fraction of sp³-hybridized carbons (Fsp3) is 0.0556. The van der Waals surface area contributed by atoms with Gasteiger partial charge in [0.2, 0.25) is 5.88 Å². The van der Waals surface area contributed by atoms with Crippen LogP contribution in [-0.4, -0.2) is 30.5 Å². The fourth-order valence-electron chi connectivity index (χ4n) is 2.87. The second kappa shape index (κ2) is 6.96. The van der Waals surface area contributed by atoms with E-state index in [-0.39, 0.29) is 22.6 Å². The zero-order chi connectivity index (χ0) is 20.5. The number of carbonyl (C=O) groups is 1. The van der Waals surface area contributed by atoms with E-state index in [1.165, 1.54) is 24.5 Å². The molecule has 0 saturated carbocycles. The van der Waals surface area contributed by atoms with Crippen molar-refractivity contribution in [3.8, 4) is 5.88 Å². The van der Waals surface area contributed by atoms with Gasteiger partial charge in [0.05, 0.1) is 27.7 Å². The smallest absolute Gasteiger partial charge is 0.284 e. The van der Waals surface area contributed by atoms with Gasteiger partial charge in [0.25, 0.3) is 17.2 Å². The number of aromatic nitrogens is 3. The van der Waals surface area contributed by atoms with Crippen LogP contribution < -0.4 is 5.56 Å². The summed E-state index contributed by atoms with van der Waals surface area (Å²) in [5.74, 6) is -1.15. The highest BCUT2D eigenvalue weighted by atomic mass is 16.6. The molecule has 4 rings (SSSR count). The van der Waals surface area contributed by atoms with E-state index >= 15 is 0 Å². The van der Waals surface area contributed by atoms with Crippen molar-refractivity contribution in [2.24, 2.45) is 10.2 Å². The van der Waals surface area contributed by atoms with Crippen LogP contribution in [0.2, 0.25) is 0 Å². The van der Waals surface area contributed by atoms with Gasteiger partial charge in [0.1, 0.15) is 6.54 Å². The molecule has 0 unspecified atom stereocenters. The molecule has 0 aliphatic heterocycles. The Bertz CT molecular complexity index is 1370. The molecule has 4 aromatic rings. The van der Waals surface area contributed by atoms with Gasteiger partial charge in [-0.2, -0.15) is 0 Å². The topological polar surface area (TPSA) is 156 Å². The number of benzene rings is 2. The predicted octanol–water partition coefficient (Wildman–Crippen LogP) is 2.80. The van der Waals surface area contributed by atoms with Crippen LogP contribution in [0.1, 0.15) is 0 Å². The number of hydrogen-bond acceptors (Lipinski definition) is 7. The monoisotopic (exact) mass is 392 g/mol. The van der Waals surface area contributed by atoms with Crippen molar-refractivity contribution in [1.82, 2.24) is 14.5 Å². The number of fused-ring (bicyclic) bond motifs is 2. The van der Waals surface area contributed by atoms with E-state index in [1.54, 1.807) is 24.3 Å². The van der Waals surface area contributed by atoms with Gasteiger partial charge in [-0.25, -0.2) is 4.98 Å².